The van der Waals surface area contributed by atoms with Gasteiger partial charge >= 0.3 is 0 Å². The third-order valence-electron chi connectivity index (χ3n) is 3.27. The third kappa shape index (κ3) is 6.16. The van der Waals surface area contributed by atoms with E-state index in [1.54, 1.807) is 30.3 Å². The van der Waals surface area contributed by atoms with Crippen LogP contribution in [0.1, 0.15) is 17.5 Å². The molecule has 2 amide bonds. The quantitative estimate of drug-likeness (QED) is 0.776. The van der Waals surface area contributed by atoms with Crippen molar-refractivity contribution in [3.8, 4) is 11.8 Å². The second-order valence-corrected chi connectivity index (χ2v) is 5.52. The Morgan fingerprint density at radius 3 is 2.40 bits per heavy atom. The smallest absolute Gasteiger partial charge is 0.276 e. The van der Waals surface area contributed by atoms with E-state index in [0.29, 0.717) is 22.8 Å². The first-order valence-corrected chi connectivity index (χ1v) is 7.90. The van der Waals surface area contributed by atoms with Gasteiger partial charge in [-0.15, -0.1) is 0 Å². The number of nitriles is 1. The minimum Gasteiger partial charge on any atom is -0.484 e. The van der Waals surface area contributed by atoms with Gasteiger partial charge in [0.25, 0.3) is 5.91 Å². The van der Waals surface area contributed by atoms with E-state index in [-0.39, 0.29) is 18.9 Å². The number of carbonyl (C=O) groups excluding carboxylic acids is 2. The van der Waals surface area contributed by atoms with E-state index < -0.39 is 5.91 Å². The molecule has 0 aliphatic heterocycles. The van der Waals surface area contributed by atoms with Crippen molar-refractivity contribution in [1.29, 1.82) is 5.26 Å². The summed E-state index contributed by atoms with van der Waals surface area (Å²) in [7, 11) is 0. The first kappa shape index (κ1) is 18.3. The van der Waals surface area contributed by atoms with Crippen LogP contribution in [0, 0.1) is 11.3 Å². The van der Waals surface area contributed by atoms with E-state index in [1.807, 2.05) is 24.3 Å². The van der Waals surface area contributed by atoms with Crippen molar-refractivity contribution < 1.29 is 14.3 Å². The van der Waals surface area contributed by atoms with Gasteiger partial charge in [0.1, 0.15) is 5.75 Å². The summed E-state index contributed by atoms with van der Waals surface area (Å²) >= 11 is 6.02. The number of halogens is 1. The maximum Gasteiger partial charge on any atom is 0.276 e. The molecule has 0 saturated carbocycles. The van der Waals surface area contributed by atoms with Crippen LogP contribution in [-0.4, -0.2) is 18.4 Å². The number of amides is 2. The molecule has 0 bridgehead atoms. The molecule has 0 radical (unpaired) electrons. The molecular formula is C18H16ClN3O3. The van der Waals surface area contributed by atoms with E-state index in [9.17, 15) is 9.59 Å². The Morgan fingerprint density at radius 1 is 1.04 bits per heavy atom. The average Bonchev–Trinajstić information content (AvgIpc) is 2.64. The lowest BCUT2D eigenvalue weighted by molar-refractivity contribution is -0.130. The van der Waals surface area contributed by atoms with Crippen molar-refractivity contribution >= 4 is 23.4 Å². The normalized spacial score (nSPS) is 9.76. The molecule has 128 valence electrons. The molecule has 0 aliphatic carbocycles. The maximum atomic E-state index is 11.7. The summed E-state index contributed by atoms with van der Waals surface area (Å²) in [5, 5.41) is 9.30. The van der Waals surface area contributed by atoms with E-state index in [4.69, 9.17) is 21.6 Å². The molecule has 2 rings (SSSR count). The Bertz CT molecular complexity index is 785. The minimum absolute atomic E-state index is 0.195. The third-order valence-corrected chi connectivity index (χ3v) is 3.64. The predicted octanol–water partition coefficient (Wildman–Crippen LogP) is 2.37. The molecule has 2 aromatic carbocycles. The van der Waals surface area contributed by atoms with Gasteiger partial charge in [-0.25, -0.2) is 0 Å². The standard InChI is InChI=1S/C18H16ClN3O3/c19-16-4-2-1-3-14(16)7-10-17(23)21-22-18(24)12-25-15-8-5-13(11-20)6-9-15/h1-6,8-9H,7,10,12H2,(H,21,23)(H,22,24). The summed E-state index contributed by atoms with van der Waals surface area (Å²) in [6.07, 6.45) is 0.670. The second-order valence-electron chi connectivity index (χ2n) is 5.11. The first-order chi connectivity index (χ1) is 12.1. The fourth-order valence-electron chi connectivity index (χ4n) is 1.96. The zero-order valence-corrected chi connectivity index (χ0v) is 14.0. The minimum atomic E-state index is -0.490. The molecule has 0 aliphatic rings. The predicted molar refractivity (Wildman–Crippen MR) is 92.7 cm³/mol. The molecule has 0 spiro atoms. The second kappa shape index (κ2) is 9.30. The van der Waals surface area contributed by atoms with Crippen molar-refractivity contribution in [3.63, 3.8) is 0 Å². The zero-order valence-electron chi connectivity index (χ0n) is 13.3. The monoisotopic (exact) mass is 357 g/mol. The maximum absolute atomic E-state index is 11.7. The number of hydrogen-bond acceptors (Lipinski definition) is 4. The fourth-order valence-corrected chi connectivity index (χ4v) is 2.19. The number of rotatable bonds is 6. The van der Waals surface area contributed by atoms with E-state index >= 15 is 0 Å². The highest BCUT2D eigenvalue weighted by Crippen LogP contribution is 2.16. The number of benzene rings is 2. The molecule has 0 unspecified atom stereocenters. The number of hydrogen-bond donors (Lipinski definition) is 2. The van der Waals surface area contributed by atoms with E-state index in [1.165, 1.54) is 0 Å². The van der Waals surface area contributed by atoms with E-state index in [2.05, 4.69) is 10.9 Å². The van der Waals surface area contributed by atoms with Gasteiger partial charge in [-0.05, 0) is 42.3 Å². The lowest BCUT2D eigenvalue weighted by Gasteiger charge is -2.09. The van der Waals surface area contributed by atoms with Gasteiger partial charge in [-0.1, -0.05) is 29.8 Å². The Labute approximate surface area is 150 Å². The van der Waals surface area contributed by atoms with Gasteiger partial charge in [-0.3, -0.25) is 20.4 Å². The number of nitrogens with zero attached hydrogens (tertiary/aromatic N) is 1. The highest BCUT2D eigenvalue weighted by Gasteiger charge is 2.07. The van der Waals surface area contributed by atoms with Crippen LogP contribution in [0.25, 0.3) is 0 Å². The molecule has 0 atom stereocenters. The topological polar surface area (TPSA) is 91.2 Å². The molecule has 25 heavy (non-hydrogen) atoms. The van der Waals surface area contributed by atoms with Crippen LogP contribution >= 0.6 is 11.6 Å². The Kier molecular flexibility index (Phi) is 6.81. The molecule has 0 heterocycles. The summed E-state index contributed by atoms with van der Waals surface area (Å²) in [6, 6.07) is 15.6. The number of hydrazine groups is 1. The lowest BCUT2D eigenvalue weighted by Crippen LogP contribution is -2.43. The number of aryl methyl sites for hydroxylation is 1. The molecule has 0 aromatic heterocycles. The molecule has 0 fully saturated rings. The molecule has 2 N–H and O–H groups in total. The van der Waals surface area contributed by atoms with Crippen LogP contribution in [0.5, 0.6) is 5.75 Å². The fraction of sp³-hybridized carbons (Fsp3) is 0.167. The Morgan fingerprint density at radius 2 is 1.72 bits per heavy atom. The largest absolute Gasteiger partial charge is 0.484 e. The summed E-state index contributed by atoms with van der Waals surface area (Å²) in [5.41, 5.74) is 5.97. The van der Waals surface area contributed by atoms with Gasteiger partial charge in [0, 0.05) is 11.4 Å². The van der Waals surface area contributed by atoms with Gasteiger partial charge in [0.05, 0.1) is 11.6 Å². The van der Waals surface area contributed by atoms with Crippen LogP contribution in [0.4, 0.5) is 0 Å². The summed E-state index contributed by atoms with van der Waals surface area (Å²) < 4.78 is 5.25. The highest BCUT2D eigenvalue weighted by molar-refractivity contribution is 6.31. The average molecular weight is 358 g/mol. The molecular weight excluding hydrogens is 342 g/mol. The lowest BCUT2D eigenvalue weighted by atomic mass is 10.1. The van der Waals surface area contributed by atoms with Crippen molar-refractivity contribution in [2.45, 2.75) is 12.8 Å². The summed E-state index contributed by atoms with van der Waals surface area (Å²) in [6.45, 7) is -0.253. The number of carbonyl (C=O) groups is 2. The molecule has 6 nitrogen and oxygen atoms in total. The van der Waals surface area contributed by atoms with Gasteiger partial charge in [0.15, 0.2) is 6.61 Å². The SMILES string of the molecule is N#Cc1ccc(OCC(=O)NNC(=O)CCc2ccccc2Cl)cc1. The first-order valence-electron chi connectivity index (χ1n) is 7.52. The highest BCUT2D eigenvalue weighted by atomic mass is 35.5. The summed E-state index contributed by atoms with van der Waals surface area (Å²) in [4.78, 5) is 23.4. The van der Waals surface area contributed by atoms with Crippen molar-refractivity contribution in [2.75, 3.05) is 6.61 Å². The van der Waals surface area contributed by atoms with Crippen molar-refractivity contribution in [3.05, 3.63) is 64.7 Å². The van der Waals surface area contributed by atoms with E-state index in [0.717, 1.165) is 5.56 Å². The summed E-state index contributed by atoms with van der Waals surface area (Å²) in [5.74, 6) is -0.360. The van der Waals surface area contributed by atoms with Crippen LogP contribution in [0.2, 0.25) is 5.02 Å². The Hall–Kier alpha value is -3.04. The van der Waals surface area contributed by atoms with Crippen LogP contribution in [0.3, 0.4) is 0 Å². The number of nitrogens with one attached hydrogen (secondary N) is 2. The Balaban J connectivity index is 1.67. The van der Waals surface area contributed by atoms with Crippen molar-refractivity contribution in [1.82, 2.24) is 10.9 Å². The van der Waals surface area contributed by atoms with Gasteiger partial charge in [-0.2, -0.15) is 5.26 Å². The molecule has 7 heteroatoms. The van der Waals surface area contributed by atoms with Crippen LogP contribution in [-0.2, 0) is 16.0 Å². The van der Waals surface area contributed by atoms with Crippen LogP contribution in [0.15, 0.2) is 48.5 Å². The zero-order chi connectivity index (χ0) is 18.1. The number of ether oxygens (including phenoxy) is 1. The molecule has 2 aromatic rings. The van der Waals surface area contributed by atoms with Gasteiger partial charge < -0.3 is 4.74 Å². The van der Waals surface area contributed by atoms with Crippen molar-refractivity contribution in [2.24, 2.45) is 0 Å². The van der Waals surface area contributed by atoms with Crippen LogP contribution < -0.4 is 15.6 Å². The van der Waals surface area contributed by atoms with Gasteiger partial charge in [0.2, 0.25) is 5.91 Å². The molecule has 0 saturated heterocycles.